The van der Waals surface area contributed by atoms with E-state index in [1.165, 1.54) is 6.07 Å². The Morgan fingerprint density at radius 3 is 2.55 bits per heavy atom. The van der Waals surface area contributed by atoms with Gasteiger partial charge in [-0.2, -0.15) is 4.98 Å². The molecule has 0 amide bonds. The van der Waals surface area contributed by atoms with Gasteiger partial charge in [0.05, 0.1) is 4.34 Å². The highest BCUT2D eigenvalue weighted by Gasteiger charge is 2.22. The Bertz CT molecular complexity index is 898. The van der Waals surface area contributed by atoms with Gasteiger partial charge in [-0.3, -0.25) is 0 Å². The van der Waals surface area contributed by atoms with Crippen molar-refractivity contribution in [3.8, 4) is 11.4 Å². The lowest BCUT2D eigenvalue weighted by atomic mass is 10.1. The van der Waals surface area contributed by atoms with E-state index in [1.54, 1.807) is 6.07 Å². The minimum Gasteiger partial charge on any atom is -0.338 e. The van der Waals surface area contributed by atoms with Crippen LogP contribution < -0.4 is 0 Å². The quantitative estimate of drug-likeness (QED) is 0.713. The molecular weight excluding hydrogens is 344 g/mol. The number of sulfone groups is 1. The summed E-state index contributed by atoms with van der Waals surface area (Å²) in [5.74, 6) is 0.0809. The smallest absolute Gasteiger partial charge is 0.242 e. The van der Waals surface area contributed by atoms with Crippen molar-refractivity contribution < 1.29 is 12.9 Å². The van der Waals surface area contributed by atoms with Gasteiger partial charge in [-0.1, -0.05) is 46.6 Å². The van der Waals surface area contributed by atoms with E-state index in [2.05, 4.69) is 10.1 Å². The van der Waals surface area contributed by atoms with Gasteiger partial charge < -0.3 is 4.52 Å². The topological polar surface area (TPSA) is 73.1 Å². The maximum atomic E-state index is 12.2. The Balaban J connectivity index is 1.84. The van der Waals surface area contributed by atoms with Crippen LogP contribution in [0.1, 0.15) is 11.5 Å². The van der Waals surface area contributed by atoms with Gasteiger partial charge in [-0.15, -0.1) is 11.3 Å². The van der Waals surface area contributed by atoms with Crippen molar-refractivity contribution in [2.24, 2.45) is 0 Å². The first-order valence-electron chi connectivity index (χ1n) is 6.32. The normalized spacial score (nSPS) is 11.7. The molecular formula is C14H11ClN2O3S2. The summed E-state index contributed by atoms with van der Waals surface area (Å²) in [5.41, 5.74) is 1.89. The van der Waals surface area contributed by atoms with Crippen molar-refractivity contribution in [3.05, 3.63) is 52.2 Å². The molecule has 0 atom stereocenters. The predicted molar refractivity (Wildman–Crippen MR) is 84.7 cm³/mol. The molecule has 114 valence electrons. The molecule has 0 radical (unpaired) electrons. The van der Waals surface area contributed by atoms with Crippen LogP contribution in [0, 0.1) is 6.92 Å². The third-order valence-electron chi connectivity index (χ3n) is 2.95. The van der Waals surface area contributed by atoms with Crippen LogP contribution in [0.3, 0.4) is 0 Å². The molecule has 0 saturated carbocycles. The van der Waals surface area contributed by atoms with Gasteiger partial charge in [0.25, 0.3) is 0 Å². The van der Waals surface area contributed by atoms with Gasteiger partial charge in [0, 0.05) is 5.56 Å². The molecule has 0 saturated heterocycles. The molecule has 2 aromatic heterocycles. The second-order valence-corrected chi connectivity index (χ2v) is 8.63. The highest BCUT2D eigenvalue weighted by Crippen LogP contribution is 2.28. The number of hydrogen-bond donors (Lipinski definition) is 0. The molecule has 0 aliphatic heterocycles. The average Bonchev–Trinajstić information content (AvgIpc) is 3.09. The number of aromatic nitrogens is 2. The number of hydrogen-bond acceptors (Lipinski definition) is 6. The van der Waals surface area contributed by atoms with Crippen LogP contribution in [-0.2, 0) is 15.6 Å². The van der Waals surface area contributed by atoms with Gasteiger partial charge in [-0.25, -0.2) is 8.42 Å². The van der Waals surface area contributed by atoms with E-state index in [1.807, 2.05) is 31.2 Å². The second kappa shape index (κ2) is 5.83. The van der Waals surface area contributed by atoms with Crippen LogP contribution >= 0.6 is 22.9 Å². The Labute approximate surface area is 136 Å². The van der Waals surface area contributed by atoms with E-state index < -0.39 is 9.84 Å². The van der Waals surface area contributed by atoms with Crippen LogP contribution in [-0.4, -0.2) is 18.6 Å². The fourth-order valence-corrected chi connectivity index (χ4v) is 4.56. The summed E-state index contributed by atoms with van der Waals surface area (Å²) in [4.78, 5) is 4.14. The number of nitrogens with zero attached hydrogens (tertiary/aromatic N) is 2. The zero-order valence-electron chi connectivity index (χ0n) is 11.5. The highest BCUT2D eigenvalue weighted by atomic mass is 35.5. The lowest BCUT2D eigenvalue weighted by molar-refractivity contribution is 0.389. The van der Waals surface area contributed by atoms with E-state index >= 15 is 0 Å². The first-order chi connectivity index (χ1) is 10.4. The molecule has 0 bridgehead atoms. The van der Waals surface area contributed by atoms with Gasteiger partial charge in [0.15, 0.2) is 9.84 Å². The fourth-order valence-electron chi connectivity index (χ4n) is 1.83. The first kappa shape index (κ1) is 15.2. The molecule has 0 spiro atoms. The molecule has 0 aliphatic rings. The monoisotopic (exact) mass is 354 g/mol. The standard InChI is InChI=1S/C14H11ClN2O3S2/c1-9-2-4-10(5-3-9)14-16-12(20-17-14)8-22(18,19)13-7-6-11(15)21-13/h2-7H,8H2,1H3. The largest absolute Gasteiger partial charge is 0.338 e. The van der Waals surface area contributed by atoms with E-state index in [-0.39, 0.29) is 15.9 Å². The molecule has 3 rings (SSSR count). The summed E-state index contributed by atoms with van der Waals surface area (Å²) >= 11 is 6.78. The third-order valence-corrected chi connectivity index (χ3v) is 6.36. The summed E-state index contributed by atoms with van der Waals surface area (Å²) in [7, 11) is -3.53. The number of halogens is 1. The predicted octanol–water partition coefficient (Wildman–Crippen LogP) is 3.73. The number of aryl methyl sites for hydroxylation is 1. The molecule has 0 fully saturated rings. The van der Waals surface area contributed by atoms with Gasteiger partial charge in [0.1, 0.15) is 9.96 Å². The minimum absolute atomic E-state index is 0.0556. The van der Waals surface area contributed by atoms with Crippen LogP contribution in [0.5, 0.6) is 0 Å². The molecule has 3 aromatic rings. The second-order valence-electron chi connectivity index (χ2n) is 4.70. The Hall–Kier alpha value is -1.70. The SMILES string of the molecule is Cc1ccc(-c2noc(CS(=O)(=O)c3ccc(Cl)s3)n2)cc1. The first-order valence-corrected chi connectivity index (χ1v) is 9.16. The fraction of sp³-hybridized carbons (Fsp3) is 0.143. The Morgan fingerprint density at radius 2 is 1.91 bits per heavy atom. The van der Waals surface area contributed by atoms with Gasteiger partial charge in [-0.05, 0) is 19.1 Å². The molecule has 22 heavy (non-hydrogen) atoms. The third kappa shape index (κ3) is 3.21. The molecule has 1 aromatic carbocycles. The Morgan fingerprint density at radius 1 is 1.18 bits per heavy atom. The lowest BCUT2D eigenvalue weighted by Crippen LogP contribution is -2.03. The molecule has 2 heterocycles. The van der Waals surface area contributed by atoms with Gasteiger partial charge >= 0.3 is 0 Å². The maximum Gasteiger partial charge on any atom is 0.242 e. The summed E-state index contributed by atoms with van der Waals surface area (Å²) in [5, 5.41) is 3.83. The van der Waals surface area contributed by atoms with Crippen LogP contribution in [0.15, 0.2) is 45.1 Å². The number of rotatable bonds is 4. The summed E-state index contributed by atoms with van der Waals surface area (Å²) < 4.78 is 30.1. The van der Waals surface area contributed by atoms with Crippen LogP contribution in [0.2, 0.25) is 4.34 Å². The summed E-state index contributed by atoms with van der Waals surface area (Å²) in [6.45, 7) is 1.98. The summed E-state index contributed by atoms with van der Waals surface area (Å²) in [6.07, 6.45) is 0. The molecule has 0 N–H and O–H groups in total. The van der Waals surface area contributed by atoms with E-state index in [9.17, 15) is 8.42 Å². The summed E-state index contributed by atoms with van der Waals surface area (Å²) in [6, 6.07) is 10.6. The molecule has 0 aliphatic carbocycles. The van der Waals surface area contributed by atoms with Crippen molar-refractivity contribution in [3.63, 3.8) is 0 Å². The number of benzene rings is 1. The van der Waals surface area contributed by atoms with Crippen molar-refractivity contribution >= 4 is 32.8 Å². The lowest BCUT2D eigenvalue weighted by Gasteiger charge is -1.96. The van der Waals surface area contributed by atoms with Crippen LogP contribution in [0.25, 0.3) is 11.4 Å². The molecule has 8 heteroatoms. The van der Waals surface area contributed by atoms with Gasteiger partial charge in [0.2, 0.25) is 11.7 Å². The average molecular weight is 355 g/mol. The van der Waals surface area contributed by atoms with Crippen molar-refractivity contribution in [1.82, 2.24) is 10.1 Å². The van der Waals surface area contributed by atoms with E-state index in [0.29, 0.717) is 10.2 Å². The van der Waals surface area contributed by atoms with Crippen molar-refractivity contribution in [2.45, 2.75) is 16.9 Å². The van der Waals surface area contributed by atoms with E-state index in [4.69, 9.17) is 16.1 Å². The zero-order chi connectivity index (χ0) is 15.7. The molecule has 0 unspecified atom stereocenters. The number of thiophene rings is 1. The Kier molecular flexibility index (Phi) is 4.03. The molecule has 5 nitrogen and oxygen atoms in total. The van der Waals surface area contributed by atoms with Crippen molar-refractivity contribution in [1.29, 1.82) is 0 Å². The van der Waals surface area contributed by atoms with Crippen molar-refractivity contribution in [2.75, 3.05) is 0 Å². The minimum atomic E-state index is -3.53. The van der Waals surface area contributed by atoms with Crippen LogP contribution in [0.4, 0.5) is 0 Å². The highest BCUT2D eigenvalue weighted by molar-refractivity contribution is 7.92. The van der Waals surface area contributed by atoms with E-state index in [0.717, 1.165) is 22.5 Å². The maximum absolute atomic E-state index is 12.2. The zero-order valence-corrected chi connectivity index (χ0v) is 13.9.